The molecule has 1 aromatic heterocycles. The number of hydrogen-bond donors (Lipinski definition) is 0. The van der Waals surface area contributed by atoms with Gasteiger partial charge in [-0.25, -0.2) is 8.42 Å². The Bertz CT molecular complexity index is 634. The molecule has 0 aromatic carbocycles. The van der Waals surface area contributed by atoms with E-state index in [0.717, 1.165) is 13.0 Å². The molecule has 134 valence electrons. The van der Waals surface area contributed by atoms with Crippen LogP contribution in [-0.4, -0.2) is 73.3 Å². The van der Waals surface area contributed by atoms with Gasteiger partial charge in [0, 0.05) is 44.5 Å². The van der Waals surface area contributed by atoms with Crippen LogP contribution < -0.4 is 0 Å². The zero-order valence-corrected chi connectivity index (χ0v) is 15.3. The normalized spacial score (nSPS) is 19.5. The van der Waals surface area contributed by atoms with E-state index in [9.17, 15) is 13.2 Å². The molecule has 0 bridgehead atoms. The van der Waals surface area contributed by atoms with E-state index in [-0.39, 0.29) is 23.5 Å². The third-order valence-electron chi connectivity index (χ3n) is 4.55. The first-order chi connectivity index (χ1) is 11.4. The second-order valence-corrected chi connectivity index (χ2v) is 8.62. The maximum absolute atomic E-state index is 12.4. The lowest BCUT2D eigenvalue weighted by molar-refractivity contribution is -0.133. The predicted molar refractivity (Wildman–Crippen MR) is 94.5 cm³/mol. The van der Waals surface area contributed by atoms with Crippen LogP contribution >= 0.6 is 0 Å². The van der Waals surface area contributed by atoms with Crippen LogP contribution in [0.5, 0.6) is 0 Å². The summed E-state index contributed by atoms with van der Waals surface area (Å²) < 4.78 is 23.2. The van der Waals surface area contributed by atoms with Crippen LogP contribution in [-0.2, 0) is 21.1 Å². The number of hydrogen-bond acceptors (Lipinski definition) is 5. The summed E-state index contributed by atoms with van der Waals surface area (Å²) in [6.45, 7) is 4.04. The van der Waals surface area contributed by atoms with Gasteiger partial charge in [-0.2, -0.15) is 0 Å². The van der Waals surface area contributed by atoms with Crippen molar-refractivity contribution < 1.29 is 13.2 Å². The minimum atomic E-state index is -2.96. The Kier molecular flexibility index (Phi) is 6.74. The van der Waals surface area contributed by atoms with Crippen molar-refractivity contribution in [3.05, 3.63) is 30.1 Å². The molecule has 2 heterocycles. The summed E-state index contributed by atoms with van der Waals surface area (Å²) in [6, 6.07) is 3.85. The lowest BCUT2D eigenvalue weighted by atomic mass is 10.2. The van der Waals surface area contributed by atoms with Crippen molar-refractivity contribution in [3.63, 3.8) is 0 Å². The molecule has 1 atom stereocenters. The fourth-order valence-electron chi connectivity index (χ4n) is 3.07. The van der Waals surface area contributed by atoms with Gasteiger partial charge in [0.25, 0.3) is 0 Å². The van der Waals surface area contributed by atoms with E-state index in [4.69, 9.17) is 0 Å². The van der Waals surface area contributed by atoms with Gasteiger partial charge in [-0.05, 0) is 44.5 Å². The van der Waals surface area contributed by atoms with E-state index in [0.29, 0.717) is 25.9 Å². The Balaban J connectivity index is 1.76. The molecule has 0 radical (unpaired) electrons. The van der Waals surface area contributed by atoms with Gasteiger partial charge in [-0.3, -0.25) is 9.78 Å². The molecule has 1 saturated heterocycles. The summed E-state index contributed by atoms with van der Waals surface area (Å²) in [7, 11) is -0.959. The Morgan fingerprint density at radius 2 is 2.00 bits per heavy atom. The van der Waals surface area contributed by atoms with Gasteiger partial charge in [0.15, 0.2) is 9.84 Å². The minimum absolute atomic E-state index is 0.0513. The minimum Gasteiger partial charge on any atom is -0.339 e. The lowest BCUT2D eigenvalue weighted by Gasteiger charge is -2.28. The van der Waals surface area contributed by atoms with Gasteiger partial charge in [-0.1, -0.05) is 0 Å². The highest BCUT2D eigenvalue weighted by atomic mass is 32.2. The SMILES string of the molecule is CCN(C(=O)CCN(C)CCc1ccncc1)C1CCS(=O)(=O)C1. The Morgan fingerprint density at radius 1 is 1.29 bits per heavy atom. The molecule has 24 heavy (non-hydrogen) atoms. The second kappa shape index (κ2) is 8.58. The molecule has 1 fully saturated rings. The molecule has 0 spiro atoms. The molecule has 7 heteroatoms. The molecular formula is C17H27N3O3S. The average Bonchev–Trinajstić information content (AvgIpc) is 2.92. The monoisotopic (exact) mass is 353 g/mol. The fraction of sp³-hybridized carbons (Fsp3) is 0.647. The average molecular weight is 353 g/mol. The highest BCUT2D eigenvalue weighted by molar-refractivity contribution is 7.91. The summed E-state index contributed by atoms with van der Waals surface area (Å²) in [5, 5.41) is 0. The molecule has 0 saturated carbocycles. The lowest BCUT2D eigenvalue weighted by Crippen LogP contribution is -2.42. The standard InChI is InChI=1S/C17H27N3O3S/c1-3-20(16-8-13-24(22,23)14-16)17(21)7-12-19(2)11-6-15-4-9-18-10-5-15/h4-5,9-10,16H,3,6-8,11-14H2,1-2H3. The summed E-state index contributed by atoms with van der Waals surface area (Å²) in [5.41, 5.74) is 1.23. The van der Waals surface area contributed by atoms with Crippen LogP contribution in [0.3, 0.4) is 0 Å². The number of likely N-dealkylation sites (N-methyl/N-ethyl adjacent to an activating group) is 1. The third kappa shape index (κ3) is 5.56. The number of nitrogens with zero attached hydrogens (tertiary/aromatic N) is 3. The fourth-order valence-corrected chi connectivity index (χ4v) is 4.80. The van der Waals surface area contributed by atoms with Gasteiger partial charge in [-0.15, -0.1) is 0 Å². The van der Waals surface area contributed by atoms with Crippen molar-refractivity contribution in [1.29, 1.82) is 0 Å². The van der Waals surface area contributed by atoms with E-state index in [1.165, 1.54) is 5.56 Å². The van der Waals surface area contributed by atoms with Gasteiger partial charge in [0.05, 0.1) is 11.5 Å². The second-order valence-electron chi connectivity index (χ2n) is 6.40. The summed E-state index contributed by atoms with van der Waals surface area (Å²) in [5.74, 6) is 0.368. The molecule has 0 aliphatic carbocycles. The number of pyridine rings is 1. The van der Waals surface area contributed by atoms with E-state index in [1.807, 2.05) is 26.1 Å². The van der Waals surface area contributed by atoms with Crippen LogP contribution in [0.15, 0.2) is 24.5 Å². The van der Waals surface area contributed by atoms with Crippen LogP contribution in [0.1, 0.15) is 25.3 Å². The van der Waals surface area contributed by atoms with Crippen molar-refractivity contribution in [3.8, 4) is 0 Å². The zero-order chi connectivity index (χ0) is 17.6. The van der Waals surface area contributed by atoms with Crippen molar-refractivity contribution >= 4 is 15.7 Å². The highest BCUT2D eigenvalue weighted by Gasteiger charge is 2.33. The number of aromatic nitrogens is 1. The largest absolute Gasteiger partial charge is 0.339 e. The Morgan fingerprint density at radius 3 is 2.58 bits per heavy atom. The highest BCUT2D eigenvalue weighted by Crippen LogP contribution is 2.18. The smallest absolute Gasteiger partial charge is 0.224 e. The molecule has 1 unspecified atom stereocenters. The van der Waals surface area contributed by atoms with Crippen LogP contribution in [0.4, 0.5) is 0 Å². The van der Waals surface area contributed by atoms with Crippen molar-refractivity contribution in [2.45, 2.75) is 32.2 Å². The van der Waals surface area contributed by atoms with Crippen LogP contribution in [0, 0.1) is 0 Å². The van der Waals surface area contributed by atoms with Crippen LogP contribution in [0.25, 0.3) is 0 Å². The summed E-state index contributed by atoms with van der Waals surface area (Å²) in [4.78, 5) is 20.3. The number of carbonyl (C=O) groups excluding carboxylic acids is 1. The van der Waals surface area contributed by atoms with Crippen molar-refractivity contribution in [2.75, 3.05) is 38.2 Å². The van der Waals surface area contributed by atoms with E-state index in [1.54, 1.807) is 17.3 Å². The van der Waals surface area contributed by atoms with Gasteiger partial charge >= 0.3 is 0 Å². The topological polar surface area (TPSA) is 70.6 Å². The molecule has 6 nitrogen and oxygen atoms in total. The first-order valence-corrected chi connectivity index (χ1v) is 10.3. The van der Waals surface area contributed by atoms with Crippen molar-refractivity contribution in [1.82, 2.24) is 14.8 Å². The molecule has 1 aromatic rings. The first-order valence-electron chi connectivity index (χ1n) is 8.48. The molecular weight excluding hydrogens is 326 g/mol. The van der Waals surface area contributed by atoms with E-state index in [2.05, 4.69) is 9.88 Å². The molecule has 1 aliphatic heterocycles. The number of rotatable bonds is 8. The third-order valence-corrected chi connectivity index (χ3v) is 6.30. The maximum Gasteiger partial charge on any atom is 0.224 e. The molecule has 1 amide bonds. The van der Waals surface area contributed by atoms with Gasteiger partial charge in [0.2, 0.25) is 5.91 Å². The number of sulfone groups is 1. The summed E-state index contributed by atoms with van der Waals surface area (Å²) >= 11 is 0. The Hall–Kier alpha value is -1.47. The predicted octanol–water partition coefficient (Wildman–Crippen LogP) is 0.982. The van der Waals surface area contributed by atoms with Gasteiger partial charge < -0.3 is 9.80 Å². The van der Waals surface area contributed by atoms with Crippen molar-refractivity contribution in [2.24, 2.45) is 0 Å². The van der Waals surface area contributed by atoms with E-state index >= 15 is 0 Å². The first kappa shape index (κ1) is 18.9. The molecule has 2 rings (SSSR count). The zero-order valence-electron chi connectivity index (χ0n) is 14.5. The summed E-state index contributed by atoms with van der Waals surface area (Å²) in [6.07, 6.45) is 5.49. The van der Waals surface area contributed by atoms with E-state index < -0.39 is 9.84 Å². The maximum atomic E-state index is 12.4. The quantitative estimate of drug-likeness (QED) is 0.697. The number of carbonyl (C=O) groups is 1. The number of amides is 1. The molecule has 0 N–H and O–H groups in total. The van der Waals surface area contributed by atoms with Crippen LogP contribution in [0.2, 0.25) is 0 Å². The molecule has 1 aliphatic rings. The van der Waals surface area contributed by atoms with Gasteiger partial charge in [0.1, 0.15) is 0 Å². The Labute approximate surface area is 144 Å².